The van der Waals surface area contributed by atoms with Crippen LogP contribution in [-0.4, -0.2) is 22.3 Å². The molecule has 0 atom stereocenters. The van der Waals surface area contributed by atoms with Gasteiger partial charge in [-0.05, 0) is 18.4 Å². The third-order valence-corrected chi connectivity index (χ3v) is 4.69. The number of carbonyl (C=O) groups excluding carboxylic acids is 1. The predicted octanol–water partition coefficient (Wildman–Crippen LogP) is 4.38. The Labute approximate surface area is 145 Å². The van der Waals surface area contributed by atoms with Gasteiger partial charge in [0, 0.05) is 29.8 Å². The largest absolute Gasteiger partial charge is 0.441 e. The molecule has 0 saturated carbocycles. The normalized spacial score (nSPS) is 10.7. The first kappa shape index (κ1) is 16.5. The van der Waals surface area contributed by atoms with Gasteiger partial charge in [-0.3, -0.25) is 4.79 Å². The number of oxazole rings is 1. The molecule has 1 amide bonds. The van der Waals surface area contributed by atoms with E-state index >= 15 is 0 Å². The van der Waals surface area contributed by atoms with Crippen LogP contribution >= 0.6 is 11.3 Å². The van der Waals surface area contributed by atoms with Crippen molar-refractivity contribution >= 4 is 17.2 Å². The smallest absolute Gasteiger partial charge is 0.223 e. The van der Waals surface area contributed by atoms with Gasteiger partial charge in [0.15, 0.2) is 11.7 Å². The Morgan fingerprint density at radius 3 is 2.75 bits per heavy atom. The number of aryl methyl sites for hydroxylation is 1. The standard InChI is InChI=1S/C19H20N2O2S/c1-2-21(14-16-9-6-12-24-16)19(22)11-10-18-20-13-17(23-18)15-7-4-3-5-8-15/h3-9,12-13H,2,10-11,14H2,1H3. The zero-order valence-corrected chi connectivity index (χ0v) is 14.5. The fourth-order valence-electron chi connectivity index (χ4n) is 2.50. The van der Waals surface area contributed by atoms with Crippen LogP contribution in [0.1, 0.15) is 24.1 Å². The maximum absolute atomic E-state index is 12.4. The summed E-state index contributed by atoms with van der Waals surface area (Å²) >= 11 is 1.67. The highest BCUT2D eigenvalue weighted by Gasteiger charge is 2.14. The second kappa shape index (κ2) is 7.93. The molecule has 2 heterocycles. The summed E-state index contributed by atoms with van der Waals surface area (Å²) in [6, 6.07) is 13.9. The van der Waals surface area contributed by atoms with Crippen molar-refractivity contribution in [3.8, 4) is 11.3 Å². The van der Waals surface area contributed by atoms with E-state index in [9.17, 15) is 4.79 Å². The molecule has 0 spiro atoms. The number of rotatable bonds is 7. The molecule has 0 aliphatic rings. The van der Waals surface area contributed by atoms with E-state index < -0.39 is 0 Å². The Balaban J connectivity index is 1.57. The van der Waals surface area contributed by atoms with Gasteiger partial charge in [-0.15, -0.1) is 11.3 Å². The summed E-state index contributed by atoms with van der Waals surface area (Å²) in [6.07, 6.45) is 2.65. The molecule has 0 bridgehead atoms. The summed E-state index contributed by atoms with van der Waals surface area (Å²) < 4.78 is 5.76. The Hall–Kier alpha value is -2.40. The highest BCUT2D eigenvalue weighted by Crippen LogP contribution is 2.20. The number of benzene rings is 1. The first-order chi connectivity index (χ1) is 11.8. The van der Waals surface area contributed by atoms with E-state index in [1.165, 1.54) is 4.88 Å². The van der Waals surface area contributed by atoms with Crippen LogP contribution in [0.3, 0.4) is 0 Å². The molecule has 3 aromatic rings. The number of hydrogen-bond donors (Lipinski definition) is 0. The lowest BCUT2D eigenvalue weighted by Gasteiger charge is -2.19. The highest BCUT2D eigenvalue weighted by atomic mass is 32.1. The number of thiophene rings is 1. The SMILES string of the molecule is CCN(Cc1cccs1)C(=O)CCc1ncc(-c2ccccc2)o1. The number of hydrogen-bond acceptors (Lipinski definition) is 4. The van der Waals surface area contributed by atoms with E-state index in [-0.39, 0.29) is 5.91 Å². The van der Waals surface area contributed by atoms with Crippen LogP contribution in [0.25, 0.3) is 11.3 Å². The Morgan fingerprint density at radius 2 is 2.04 bits per heavy atom. The van der Waals surface area contributed by atoms with Gasteiger partial charge in [0.2, 0.25) is 5.91 Å². The van der Waals surface area contributed by atoms with Crippen molar-refractivity contribution in [3.05, 3.63) is 64.8 Å². The first-order valence-corrected chi connectivity index (χ1v) is 8.94. The molecule has 0 unspecified atom stereocenters. The molecule has 0 saturated heterocycles. The van der Waals surface area contributed by atoms with E-state index in [1.807, 2.05) is 53.6 Å². The van der Waals surface area contributed by atoms with Crippen LogP contribution in [0.2, 0.25) is 0 Å². The number of aromatic nitrogens is 1. The van der Waals surface area contributed by atoms with Gasteiger partial charge in [-0.25, -0.2) is 4.98 Å². The molecule has 2 aromatic heterocycles. The molecule has 1 aromatic carbocycles. The maximum atomic E-state index is 12.4. The minimum absolute atomic E-state index is 0.130. The molecular weight excluding hydrogens is 320 g/mol. The van der Waals surface area contributed by atoms with Crippen LogP contribution in [0.5, 0.6) is 0 Å². The molecule has 5 heteroatoms. The summed E-state index contributed by atoms with van der Waals surface area (Å²) in [5.41, 5.74) is 0.996. The Morgan fingerprint density at radius 1 is 1.21 bits per heavy atom. The molecular formula is C19H20N2O2S. The third-order valence-electron chi connectivity index (χ3n) is 3.83. The molecule has 0 fully saturated rings. The van der Waals surface area contributed by atoms with Gasteiger partial charge in [-0.2, -0.15) is 0 Å². The molecule has 0 aliphatic heterocycles. The molecule has 24 heavy (non-hydrogen) atoms. The van der Waals surface area contributed by atoms with Gasteiger partial charge in [0.25, 0.3) is 0 Å². The monoisotopic (exact) mass is 340 g/mol. The van der Waals surface area contributed by atoms with Gasteiger partial charge in [0.1, 0.15) is 0 Å². The van der Waals surface area contributed by atoms with Crippen molar-refractivity contribution in [3.63, 3.8) is 0 Å². The average Bonchev–Trinajstić information content (AvgIpc) is 3.30. The summed E-state index contributed by atoms with van der Waals surface area (Å²) in [5, 5.41) is 2.03. The van der Waals surface area contributed by atoms with Crippen LogP contribution in [-0.2, 0) is 17.8 Å². The van der Waals surface area contributed by atoms with Crippen molar-refractivity contribution in [1.82, 2.24) is 9.88 Å². The third kappa shape index (κ3) is 4.11. The van der Waals surface area contributed by atoms with Crippen molar-refractivity contribution in [2.24, 2.45) is 0 Å². The minimum Gasteiger partial charge on any atom is -0.441 e. The second-order valence-corrected chi connectivity index (χ2v) is 6.50. The predicted molar refractivity (Wildman–Crippen MR) is 95.7 cm³/mol. The van der Waals surface area contributed by atoms with Gasteiger partial charge < -0.3 is 9.32 Å². The molecule has 124 valence electrons. The number of carbonyl (C=O) groups is 1. The number of nitrogens with zero attached hydrogens (tertiary/aromatic N) is 2. The van der Waals surface area contributed by atoms with Gasteiger partial charge in [0.05, 0.1) is 12.7 Å². The van der Waals surface area contributed by atoms with Crippen molar-refractivity contribution in [1.29, 1.82) is 0 Å². The Bertz CT molecular complexity index is 766. The zero-order chi connectivity index (χ0) is 16.8. The molecule has 3 rings (SSSR count). The molecule has 4 nitrogen and oxygen atoms in total. The fourth-order valence-corrected chi connectivity index (χ4v) is 3.22. The van der Waals surface area contributed by atoms with E-state index in [4.69, 9.17) is 4.42 Å². The highest BCUT2D eigenvalue weighted by molar-refractivity contribution is 7.09. The van der Waals surface area contributed by atoms with Gasteiger partial charge in [-0.1, -0.05) is 36.4 Å². The van der Waals surface area contributed by atoms with Crippen molar-refractivity contribution < 1.29 is 9.21 Å². The summed E-state index contributed by atoms with van der Waals surface area (Å²) in [5.74, 6) is 1.48. The minimum atomic E-state index is 0.130. The van der Waals surface area contributed by atoms with Crippen LogP contribution in [0.4, 0.5) is 0 Å². The van der Waals surface area contributed by atoms with Crippen molar-refractivity contribution in [2.75, 3.05) is 6.54 Å². The lowest BCUT2D eigenvalue weighted by molar-refractivity contribution is -0.131. The van der Waals surface area contributed by atoms with Crippen LogP contribution in [0.15, 0.2) is 58.5 Å². The summed E-state index contributed by atoms with van der Waals surface area (Å²) in [6.45, 7) is 3.38. The Kier molecular flexibility index (Phi) is 5.43. The summed E-state index contributed by atoms with van der Waals surface area (Å²) in [7, 11) is 0. The fraction of sp³-hybridized carbons (Fsp3) is 0.263. The van der Waals surface area contributed by atoms with Crippen LogP contribution < -0.4 is 0 Å². The van der Waals surface area contributed by atoms with E-state index in [2.05, 4.69) is 11.1 Å². The van der Waals surface area contributed by atoms with E-state index in [0.29, 0.717) is 31.8 Å². The second-order valence-electron chi connectivity index (χ2n) is 5.47. The van der Waals surface area contributed by atoms with Crippen LogP contribution in [0, 0.1) is 0 Å². The maximum Gasteiger partial charge on any atom is 0.223 e. The molecule has 0 N–H and O–H groups in total. The van der Waals surface area contributed by atoms with Gasteiger partial charge >= 0.3 is 0 Å². The lowest BCUT2D eigenvalue weighted by Crippen LogP contribution is -2.30. The number of amides is 1. The zero-order valence-electron chi connectivity index (χ0n) is 13.6. The molecule has 0 radical (unpaired) electrons. The topological polar surface area (TPSA) is 46.3 Å². The first-order valence-electron chi connectivity index (χ1n) is 8.06. The van der Waals surface area contributed by atoms with Crippen molar-refractivity contribution in [2.45, 2.75) is 26.3 Å². The quantitative estimate of drug-likeness (QED) is 0.641. The van der Waals surface area contributed by atoms with E-state index in [1.54, 1.807) is 17.5 Å². The van der Waals surface area contributed by atoms with E-state index in [0.717, 1.165) is 11.3 Å². The average molecular weight is 340 g/mol. The molecule has 0 aliphatic carbocycles. The lowest BCUT2D eigenvalue weighted by atomic mass is 10.2. The summed E-state index contributed by atoms with van der Waals surface area (Å²) in [4.78, 5) is 19.8.